The number of nitrogens with zero attached hydrogens (tertiary/aromatic N) is 2. The van der Waals surface area contributed by atoms with Crippen LogP contribution < -0.4 is 0 Å². The van der Waals surface area contributed by atoms with Crippen molar-refractivity contribution in [2.45, 2.75) is 90.3 Å². The van der Waals surface area contributed by atoms with Crippen LogP contribution in [0.2, 0.25) is 0 Å². The molecule has 6 atom stereocenters. The Hall–Kier alpha value is -2.61. The zero-order valence-electron chi connectivity index (χ0n) is 20.6. The number of carbonyl (C=O) groups excluding carboxylic acids is 3. The number of hydrogen-bond acceptors (Lipinski definition) is 6. The van der Waals surface area contributed by atoms with Gasteiger partial charge in [-0.15, -0.1) is 0 Å². The lowest BCUT2D eigenvalue weighted by Crippen LogP contribution is -2.53. The van der Waals surface area contributed by atoms with Gasteiger partial charge in [-0.05, 0) is 53.0 Å². The molecule has 1 aromatic carbocycles. The number of amides is 3. The van der Waals surface area contributed by atoms with E-state index in [0.717, 1.165) is 12.0 Å². The van der Waals surface area contributed by atoms with E-state index in [4.69, 9.17) is 14.2 Å². The fourth-order valence-corrected chi connectivity index (χ4v) is 4.87. The summed E-state index contributed by atoms with van der Waals surface area (Å²) in [5.41, 5.74) is 0.208. The van der Waals surface area contributed by atoms with Gasteiger partial charge in [-0.3, -0.25) is 9.69 Å². The molecule has 0 bridgehead atoms. The summed E-state index contributed by atoms with van der Waals surface area (Å²) >= 11 is 0. The minimum absolute atomic E-state index is 0.0389. The van der Waals surface area contributed by atoms with Gasteiger partial charge in [0, 0.05) is 13.2 Å². The van der Waals surface area contributed by atoms with Crippen molar-refractivity contribution in [2.24, 2.45) is 5.92 Å². The molecule has 33 heavy (non-hydrogen) atoms. The maximum atomic E-state index is 13.5. The van der Waals surface area contributed by atoms with Crippen LogP contribution in [0.1, 0.15) is 66.1 Å². The van der Waals surface area contributed by atoms with E-state index < -0.39 is 42.0 Å². The number of cyclic esters (lactones) is 1. The monoisotopic (exact) mass is 460 g/mol. The number of benzene rings is 1. The average Bonchev–Trinajstić information content (AvgIpc) is 3.26. The molecule has 0 aliphatic carbocycles. The molecule has 2 aliphatic heterocycles. The van der Waals surface area contributed by atoms with Gasteiger partial charge >= 0.3 is 12.2 Å². The molecular weight excluding hydrogens is 424 g/mol. The highest BCUT2D eigenvalue weighted by Crippen LogP contribution is 2.36. The van der Waals surface area contributed by atoms with Gasteiger partial charge < -0.3 is 14.2 Å². The summed E-state index contributed by atoms with van der Waals surface area (Å²) in [6.45, 7) is 11.0. The van der Waals surface area contributed by atoms with Crippen LogP contribution in [0.3, 0.4) is 0 Å². The Kier molecular flexibility index (Phi) is 7.36. The lowest BCUT2D eigenvalue weighted by Gasteiger charge is -2.37. The molecule has 2 unspecified atom stereocenters. The van der Waals surface area contributed by atoms with E-state index in [9.17, 15) is 14.4 Å². The number of rotatable bonds is 5. The van der Waals surface area contributed by atoms with Crippen LogP contribution >= 0.6 is 0 Å². The molecule has 8 heteroatoms. The topological polar surface area (TPSA) is 85.4 Å². The molecule has 0 N–H and O–H groups in total. The molecule has 8 nitrogen and oxygen atoms in total. The molecule has 0 radical (unpaired) electrons. The number of hydrogen-bond donors (Lipinski definition) is 0. The number of ether oxygens (including phenoxy) is 3. The largest absolute Gasteiger partial charge is 0.444 e. The SMILES string of the molecule is COC(C(C)C(=O)N1C(=O)O[C@@H](c2ccccc2)[C@H]1C)[C@@H]1CC[C@H](C)N1C(=O)OC(C)(C)C. The van der Waals surface area contributed by atoms with Crippen molar-refractivity contribution in [1.29, 1.82) is 0 Å². The molecule has 0 aromatic heterocycles. The summed E-state index contributed by atoms with van der Waals surface area (Å²) in [6.07, 6.45) is -0.734. The summed E-state index contributed by atoms with van der Waals surface area (Å²) in [5, 5.41) is 0. The van der Waals surface area contributed by atoms with Gasteiger partial charge in [0.05, 0.1) is 24.1 Å². The van der Waals surface area contributed by atoms with Crippen molar-refractivity contribution in [2.75, 3.05) is 7.11 Å². The normalized spacial score (nSPS) is 27.3. The second-order valence-electron chi connectivity index (χ2n) is 10.0. The first-order valence-corrected chi connectivity index (χ1v) is 11.6. The average molecular weight is 461 g/mol. The lowest BCUT2D eigenvalue weighted by molar-refractivity contribution is -0.139. The third-order valence-electron chi connectivity index (χ3n) is 6.49. The lowest BCUT2D eigenvalue weighted by atomic mass is 9.93. The second kappa shape index (κ2) is 9.71. The van der Waals surface area contributed by atoms with Crippen molar-refractivity contribution in [3.63, 3.8) is 0 Å². The smallest absolute Gasteiger partial charge is 0.417 e. The highest BCUT2D eigenvalue weighted by atomic mass is 16.6. The van der Waals surface area contributed by atoms with Gasteiger partial charge in [0.2, 0.25) is 5.91 Å². The van der Waals surface area contributed by atoms with Crippen LogP contribution in [0, 0.1) is 5.92 Å². The molecule has 2 aliphatic rings. The van der Waals surface area contributed by atoms with Crippen LogP contribution in [-0.4, -0.2) is 64.8 Å². The molecule has 2 saturated heterocycles. The zero-order chi connectivity index (χ0) is 24.5. The van der Waals surface area contributed by atoms with Gasteiger partial charge in [0.15, 0.2) is 0 Å². The van der Waals surface area contributed by atoms with Crippen molar-refractivity contribution < 1.29 is 28.6 Å². The molecular formula is C25H36N2O6. The van der Waals surface area contributed by atoms with Crippen LogP contribution in [-0.2, 0) is 19.0 Å². The van der Waals surface area contributed by atoms with Crippen LogP contribution in [0.5, 0.6) is 0 Å². The van der Waals surface area contributed by atoms with Crippen molar-refractivity contribution >= 4 is 18.1 Å². The summed E-state index contributed by atoms with van der Waals surface area (Å²) in [4.78, 5) is 42.0. The molecule has 1 aromatic rings. The van der Waals surface area contributed by atoms with Gasteiger partial charge in [0.1, 0.15) is 11.7 Å². The first-order chi connectivity index (χ1) is 15.5. The third kappa shape index (κ3) is 5.16. The molecule has 3 amide bonds. The minimum Gasteiger partial charge on any atom is -0.444 e. The number of carbonyl (C=O) groups is 3. The Labute approximate surface area is 196 Å². The van der Waals surface area contributed by atoms with Crippen molar-refractivity contribution in [1.82, 2.24) is 9.80 Å². The number of methoxy groups -OCH3 is 1. The number of likely N-dealkylation sites (tertiary alicyclic amines) is 1. The molecule has 182 valence electrons. The van der Waals surface area contributed by atoms with E-state index in [1.807, 2.05) is 58.0 Å². The van der Waals surface area contributed by atoms with E-state index in [-0.39, 0.29) is 18.0 Å². The van der Waals surface area contributed by atoms with Crippen LogP contribution in [0.4, 0.5) is 9.59 Å². The highest BCUT2D eigenvalue weighted by Gasteiger charge is 2.49. The number of imide groups is 1. The van der Waals surface area contributed by atoms with E-state index in [1.165, 1.54) is 12.0 Å². The maximum Gasteiger partial charge on any atom is 0.417 e. The van der Waals surface area contributed by atoms with E-state index in [1.54, 1.807) is 18.7 Å². The minimum atomic E-state index is -0.667. The van der Waals surface area contributed by atoms with E-state index in [0.29, 0.717) is 6.42 Å². The van der Waals surface area contributed by atoms with Crippen LogP contribution in [0.25, 0.3) is 0 Å². The molecule has 0 spiro atoms. The van der Waals surface area contributed by atoms with E-state index in [2.05, 4.69) is 0 Å². The predicted molar refractivity (Wildman–Crippen MR) is 122 cm³/mol. The molecule has 2 fully saturated rings. The van der Waals surface area contributed by atoms with Crippen molar-refractivity contribution in [3.8, 4) is 0 Å². The molecule has 2 heterocycles. The summed E-state index contributed by atoms with van der Waals surface area (Å²) < 4.78 is 16.9. The summed E-state index contributed by atoms with van der Waals surface area (Å²) in [7, 11) is 1.53. The fourth-order valence-electron chi connectivity index (χ4n) is 4.87. The van der Waals surface area contributed by atoms with Gasteiger partial charge in [-0.2, -0.15) is 0 Å². The molecule has 0 saturated carbocycles. The van der Waals surface area contributed by atoms with Crippen LogP contribution in [0.15, 0.2) is 30.3 Å². The Morgan fingerprint density at radius 2 is 1.76 bits per heavy atom. The zero-order valence-corrected chi connectivity index (χ0v) is 20.6. The Balaban J connectivity index is 1.79. The Morgan fingerprint density at radius 1 is 1.12 bits per heavy atom. The second-order valence-corrected chi connectivity index (χ2v) is 10.0. The summed E-state index contributed by atoms with van der Waals surface area (Å²) in [6, 6.07) is 8.55. The predicted octanol–water partition coefficient (Wildman–Crippen LogP) is 4.53. The Bertz CT molecular complexity index is 867. The highest BCUT2D eigenvalue weighted by molar-refractivity contribution is 5.95. The quantitative estimate of drug-likeness (QED) is 0.642. The van der Waals surface area contributed by atoms with Gasteiger partial charge in [-0.25, -0.2) is 14.5 Å². The first-order valence-electron chi connectivity index (χ1n) is 11.6. The van der Waals surface area contributed by atoms with Gasteiger partial charge in [-0.1, -0.05) is 37.3 Å². The van der Waals surface area contributed by atoms with Gasteiger partial charge in [0.25, 0.3) is 0 Å². The first kappa shape index (κ1) is 25.0. The maximum absolute atomic E-state index is 13.5. The summed E-state index contributed by atoms with van der Waals surface area (Å²) in [5.74, 6) is -1.04. The fraction of sp³-hybridized carbons (Fsp3) is 0.640. The van der Waals surface area contributed by atoms with E-state index >= 15 is 0 Å². The van der Waals surface area contributed by atoms with Crippen molar-refractivity contribution in [3.05, 3.63) is 35.9 Å². The standard InChI is InChI=1S/C25H36N2O6/c1-15-13-14-19(26(15)24(30)33-25(4,5)6)20(31-7)16(2)22(28)27-17(3)21(32-23(27)29)18-11-9-8-10-12-18/h8-12,15-17,19-21H,13-14H2,1-7H3/t15-,16?,17+,19-,20?,21+/m0/s1. The Morgan fingerprint density at radius 3 is 2.33 bits per heavy atom. The molecule has 3 rings (SSSR count). The third-order valence-corrected chi connectivity index (χ3v) is 6.49.